The van der Waals surface area contributed by atoms with Crippen molar-refractivity contribution in [3.63, 3.8) is 0 Å². The number of aromatic nitrogens is 1. The van der Waals surface area contributed by atoms with Crippen LogP contribution in [0.4, 0.5) is 0 Å². The molecule has 76 valence electrons. The second-order valence-corrected chi connectivity index (χ2v) is 3.23. The monoisotopic (exact) mass is 194 g/mol. The van der Waals surface area contributed by atoms with Gasteiger partial charge in [0, 0.05) is 12.7 Å². The maximum Gasteiger partial charge on any atom is 0.270 e. The molecule has 0 bridgehead atoms. The van der Waals surface area contributed by atoms with Gasteiger partial charge < -0.3 is 10.4 Å². The Kier molecular flexibility index (Phi) is 3.59. The van der Waals surface area contributed by atoms with Crippen LogP contribution in [-0.4, -0.2) is 28.6 Å². The van der Waals surface area contributed by atoms with Crippen molar-refractivity contribution in [1.29, 1.82) is 0 Å². The summed E-state index contributed by atoms with van der Waals surface area (Å²) in [5, 5.41) is 11.6. The Bertz CT molecular complexity index is 324. The fourth-order valence-electron chi connectivity index (χ4n) is 1.05. The van der Waals surface area contributed by atoms with Gasteiger partial charge in [0.2, 0.25) is 0 Å². The number of pyridine rings is 1. The third-order valence-electron chi connectivity index (χ3n) is 1.78. The van der Waals surface area contributed by atoms with Crippen LogP contribution in [0.2, 0.25) is 0 Å². The number of nitrogens with one attached hydrogen (secondary N) is 1. The van der Waals surface area contributed by atoms with E-state index in [0.29, 0.717) is 5.69 Å². The quantitative estimate of drug-likeness (QED) is 0.736. The molecule has 0 radical (unpaired) electrons. The molecule has 1 amide bonds. The average Bonchev–Trinajstić information content (AvgIpc) is 2.15. The Morgan fingerprint density at radius 3 is 3.00 bits per heavy atom. The van der Waals surface area contributed by atoms with E-state index in [1.807, 2.05) is 13.0 Å². The molecule has 0 aliphatic heterocycles. The van der Waals surface area contributed by atoms with Crippen LogP contribution in [-0.2, 0) is 0 Å². The van der Waals surface area contributed by atoms with Crippen molar-refractivity contribution in [2.45, 2.75) is 20.0 Å². The highest BCUT2D eigenvalue weighted by molar-refractivity contribution is 5.93. The Morgan fingerprint density at radius 2 is 2.43 bits per heavy atom. The van der Waals surface area contributed by atoms with Gasteiger partial charge in [0.05, 0.1) is 6.10 Å². The highest BCUT2D eigenvalue weighted by Gasteiger charge is 2.09. The van der Waals surface area contributed by atoms with Crippen molar-refractivity contribution >= 4 is 5.91 Å². The summed E-state index contributed by atoms with van der Waals surface area (Å²) in [4.78, 5) is 15.4. The predicted octanol–water partition coefficient (Wildman–Crippen LogP) is 0.501. The normalized spacial score (nSPS) is 12.2. The largest absolute Gasteiger partial charge is 0.392 e. The fraction of sp³-hybridized carbons (Fsp3) is 0.400. The third kappa shape index (κ3) is 2.81. The number of aryl methyl sites for hydroxylation is 1. The smallest absolute Gasteiger partial charge is 0.270 e. The molecule has 1 heterocycles. The van der Waals surface area contributed by atoms with E-state index in [0.717, 1.165) is 5.56 Å². The first-order valence-corrected chi connectivity index (χ1v) is 4.49. The number of carbonyl (C=O) groups is 1. The zero-order chi connectivity index (χ0) is 10.6. The van der Waals surface area contributed by atoms with Crippen molar-refractivity contribution in [3.05, 3.63) is 29.6 Å². The summed E-state index contributed by atoms with van der Waals surface area (Å²) in [5.74, 6) is -0.246. The molecule has 14 heavy (non-hydrogen) atoms. The molecule has 4 heteroatoms. The lowest BCUT2D eigenvalue weighted by atomic mass is 10.2. The highest BCUT2D eigenvalue weighted by Crippen LogP contribution is 2.02. The summed E-state index contributed by atoms with van der Waals surface area (Å²) in [7, 11) is 0. The number of carbonyl (C=O) groups excluding carboxylic acids is 1. The Morgan fingerprint density at radius 1 is 1.71 bits per heavy atom. The van der Waals surface area contributed by atoms with E-state index in [1.54, 1.807) is 19.2 Å². The molecule has 1 rings (SSSR count). The standard InChI is InChI=1S/C10H14N2O2/c1-7-4-3-5-11-9(7)10(14)12-6-8(2)13/h3-5,8,13H,6H2,1-2H3,(H,12,14)/t8-/m1/s1. The molecule has 4 nitrogen and oxygen atoms in total. The Balaban J connectivity index is 2.65. The van der Waals surface area contributed by atoms with E-state index < -0.39 is 6.10 Å². The molecule has 0 aliphatic rings. The van der Waals surface area contributed by atoms with Crippen LogP contribution in [0.25, 0.3) is 0 Å². The van der Waals surface area contributed by atoms with Gasteiger partial charge in [-0.25, -0.2) is 0 Å². The summed E-state index contributed by atoms with van der Waals surface area (Å²) in [6.07, 6.45) is 1.03. The summed E-state index contributed by atoms with van der Waals surface area (Å²) < 4.78 is 0. The van der Waals surface area contributed by atoms with Crippen LogP contribution in [0.1, 0.15) is 23.0 Å². The van der Waals surface area contributed by atoms with E-state index in [2.05, 4.69) is 10.3 Å². The van der Waals surface area contributed by atoms with Crippen LogP contribution in [0.3, 0.4) is 0 Å². The minimum Gasteiger partial charge on any atom is -0.392 e. The van der Waals surface area contributed by atoms with Gasteiger partial charge in [-0.15, -0.1) is 0 Å². The van der Waals surface area contributed by atoms with Gasteiger partial charge in [-0.3, -0.25) is 9.78 Å². The van der Waals surface area contributed by atoms with Gasteiger partial charge in [-0.2, -0.15) is 0 Å². The molecule has 0 unspecified atom stereocenters. The van der Waals surface area contributed by atoms with E-state index in [-0.39, 0.29) is 12.5 Å². The molecular formula is C10H14N2O2. The van der Waals surface area contributed by atoms with Crippen molar-refractivity contribution in [1.82, 2.24) is 10.3 Å². The summed E-state index contributed by atoms with van der Waals surface area (Å²) in [6.45, 7) is 3.69. The topological polar surface area (TPSA) is 62.2 Å². The summed E-state index contributed by atoms with van der Waals surface area (Å²) in [5.41, 5.74) is 1.24. The minimum atomic E-state index is -0.539. The van der Waals surface area contributed by atoms with Gasteiger partial charge in [-0.05, 0) is 25.5 Å². The summed E-state index contributed by atoms with van der Waals surface area (Å²) in [6, 6.07) is 3.60. The lowest BCUT2D eigenvalue weighted by Crippen LogP contribution is -2.31. The van der Waals surface area contributed by atoms with Gasteiger partial charge >= 0.3 is 0 Å². The lowest BCUT2D eigenvalue weighted by molar-refractivity contribution is 0.0918. The van der Waals surface area contributed by atoms with Gasteiger partial charge in [0.25, 0.3) is 5.91 Å². The molecular weight excluding hydrogens is 180 g/mol. The molecule has 0 fully saturated rings. The number of nitrogens with zero attached hydrogens (tertiary/aromatic N) is 1. The van der Waals surface area contributed by atoms with Gasteiger partial charge in [0.15, 0.2) is 0 Å². The van der Waals surface area contributed by atoms with Crippen molar-refractivity contribution in [2.24, 2.45) is 0 Å². The minimum absolute atomic E-state index is 0.245. The lowest BCUT2D eigenvalue weighted by Gasteiger charge is -2.07. The SMILES string of the molecule is Cc1cccnc1C(=O)NC[C@@H](C)O. The van der Waals surface area contributed by atoms with Crippen LogP contribution < -0.4 is 5.32 Å². The second kappa shape index (κ2) is 4.72. The zero-order valence-corrected chi connectivity index (χ0v) is 8.32. The van der Waals surface area contributed by atoms with E-state index >= 15 is 0 Å². The van der Waals surface area contributed by atoms with Crippen LogP contribution in [0.15, 0.2) is 18.3 Å². The highest BCUT2D eigenvalue weighted by atomic mass is 16.3. The molecule has 1 aromatic rings. The second-order valence-electron chi connectivity index (χ2n) is 3.23. The molecule has 1 atom stereocenters. The first-order valence-electron chi connectivity index (χ1n) is 4.49. The maximum absolute atomic E-state index is 11.5. The fourth-order valence-corrected chi connectivity index (χ4v) is 1.05. The number of aliphatic hydroxyl groups is 1. The molecule has 2 N–H and O–H groups in total. The Labute approximate surface area is 83.0 Å². The van der Waals surface area contributed by atoms with E-state index in [4.69, 9.17) is 5.11 Å². The molecule has 0 saturated carbocycles. The number of aliphatic hydroxyl groups excluding tert-OH is 1. The van der Waals surface area contributed by atoms with Gasteiger partial charge in [-0.1, -0.05) is 6.07 Å². The first-order chi connectivity index (χ1) is 6.61. The van der Waals surface area contributed by atoms with E-state index in [1.165, 1.54) is 0 Å². The van der Waals surface area contributed by atoms with Crippen LogP contribution in [0, 0.1) is 6.92 Å². The molecule has 1 aromatic heterocycles. The first kappa shape index (κ1) is 10.7. The number of hydrogen-bond donors (Lipinski definition) is 2. The average molecular weight is 194 g/mol. The van der Waals surface area contributed by atoms with Crippen molar-refractivity contribution in [2.75, 3.05) is 6.54 Å². The predicted molar refractivity (Wildman–Crippen MR) is 53.0 cm³/mol. The zero-order valence-electron chi connectivity index (χ0n) is 8.32. The van der Waals surface area contributed by atoms with Crippen LogP contribution in [0.5, 0.6) is 0 Å². The van der Waals surface area contributed by atoms with Gasteiger partial charge in [0.1, 0.15) is 5.69 Å². The third-order valence-corrected chi connectivity index (χ3v) is 1.78. The molecule has 0 spiro atoms. The van der Waals surface area contributed by atoms with Crippen molar-refractivity contribution in [3.8, 4) is 0 Å². The molecule has 0 aromatic carbocycles. The maximum atomic E-state index is 11.5. The Hall–Kier alpha value is -1.42. The summed E-state index contributed by atoms with van der Waals surface area (Å²) >= 11 is 0. The number of hydrogen-bond acceptors (Lipinski definition) is 3. The molecule has 0 saturated heterocycles. The van der Waals surface area contributed by atoms with Crippen LogP contribution >= 0.6 is 0 Å². The van der Waals surface area contributed by atoms with E-state index in [9.17, 15) is 4.79 Å². The molecule has 0 aliphatic carbocycles. The number of amides is 1. The van der Waals surface area contributed by atoms with Crippen molar-refractivity contribution < 1.29 is 9.90 Å². The number of rotatable bonds is 3.